The fraction of sp³-hybridized carbons (Fsp3) is 0.581. The zero-order chi connectivity index (χ0) is 31.9. The largest absolute Gasteiger partial charge is 0.460 e. The Morgan fingerprint density at radius 2 is 1.31 bits per heavy atom. The van der Waals surface area contributed by atoms with Crippen molar-refractivity contribution < 1.29 is 41.2 Å². The van der Waals surface area contributed by atoms with Crippen molar-refractivity contribution >= 4 is 38.9 Å². The third kappa shape index (κ3) is 12.4. The molecular weight excluding hydrogens is 562 g/mol. The average molecular weight is 608 g/mol. The van der Waals surface area contributed by atoms with Gasteiger partial charge in [0.25, 0.3) is 10.1 Å². The molecule has 42 heavy (non-hydrogen) atoms. The van der Waals surface area contributed by atoms with Gasteiger partial charge in [0.2, 0.25) is 0 Å². The lowest BCUT2D eigenvalue weighted by Gasteiger charge is -2.29. The Morgan fingerprint density at radius 1 is 0.762 bits per heavy atom. The van der Waals surface area contributed by atoms with Crippen molar-refractivity contribution in [3.8, 4) is 0 Å². The number of carbonyl (C=O) groups excluding carboxylic acids is 3. The van der Waals surface area contributed by atoms with Crippen LogP contribution in [0.4, 0.5) is 4.79 Å². The summed E-state index contributed by atoms with van der Waals surface area (Å²) < 4.78 is 47.3. The van der Waals surface area contributed by atoms with Crippen molar-refractivity contribution in [1.82, 2.24) is 5.32 Å². The van der Waals surface area contributed by atoms with Crippen LogP contribution in [0.2, 0.25) is 0 Å². The molecule has 0 unspecified atom stereocenters. The molecule has 0 spiro atoms. The van der Waals surface area contributed by atoms with Gasteiger partial charge in [-0.1, -0.05) is 30.3 Å². The van der Waals surface area contributed by atoms with Crippen molar-refractivity contribution in [2.75, 3.05) is 6.61 Å². The Kier molecular flexibility index (Phi) is 11.6. The molecule has 0 saturated carbocycles. The normalized spacial score (nSPS) is 14.1. The van der Waals surface area contributed by atoms with Crippen LogP contribution in [0.5, 0.6) is 0 Å². The van der Waals surface area contributed by atoms with E-state index in [2.05, 4.69) is 5.32 Å². The van der Waals surface area contributed by atoms with Gasteiger partial charge >= 0.3 is 18.0 Å². The van der Waals surface area contributed by atoms with Crippen LogP contribution in [0, 0.1) is 5.92 Å². The maximum Gasteiger partial charge on any atom is 0.408 e. The number of nitrogens with one attached hydrogen (secondary N) is 1. The molecule has 0 aliphatic heterocycles. The molecule has 1 amide bonds. The second kappa shape index (κ2) is 13.9. The lowest BCUT2D eigenvalue weighted by atomic mass is 9.94. The van der Waals surface area contributed by atoms with Gasteiger partial charge < -0.3 is 19.5 Å². The first-order valence-electron chi connectivity index (χ1n) is 14.0. The van der Waals surface area contributed by atoms with E-state index in [4.69, 9.17) is 18.4 Å². The van der Waals surface area contributed by atoms with Crippen molar-refractivity contribution in [3.63, 3.8) is 0 Å². The molecule has 0 radical (unpaired) electrons. The number of rotatable bonds is 11. The number of carbonyl (C=O) groups is 3. The predicted octanol–water partition coefficient (Wildman–Crippen LogP) is 5.91. The fourth-order valence-corrected chi connectivity index (χ4v) is 4.91. The quantitative estimate of drug-likeness (QED) is 0.143. The molecule has 11 heteroatoms. The van der Waals surface area contributed by atoms with E-state index in [1.54, 1.807) is 74.4 Å². The van der Waals surface area contributed by atoms with Crippen LogP contribution in [0.15, 0.2) is 47.4 Å². The van der Waals surface area contributed by atoms with Gasteiger partial charge in [-0.25, -0.2) is 9.59 Å². The van der Waals surface area contributed by atoms with E-state index in [1.165, 1.54) is 6.07 Å². The van der Waals surface area contributed by atoms with Gasteiger partial charge in [-0.15, -0.1) is 0 Å². The third-order valence-electron chi connectivity index (χ3n) is 5.59. The summed E-state index contributed by atoms with van der Waals surface area (Å²) in [6, 6.07) is 10.9. The summed E-state index contributed by atoms with van der Waals surface area (Å²) in [7, 11) is -4.05. The van der Waals surface area contributed by atoms with Gasteiger partial charge in [0.1, 0.15) is 22.8 Å². The minimum Gasteiger partial charge on any atom is -0.460 e. The Morgan fingerprint density at radius 3 is 1.88 bits per heavy atom. The molecule has 10 nitrogen and oxygen atoms in total. The second-order valence-electron chi connectivity index (χ2n) is 13.1. The Labute approximate surface area is 249 Å². The van der Waals surface area contributed by atoms with E-state index in [-0.39, 0.29) is 30.8 Å². The zero-order valence-corrected chi connectivity index (χ0v) is 26.9. The smallest absolute Gasteiger partial charge is 0.408 e. The summed E-state index contributed by atoms with van der Waals surface area (Å²) in [5.74, 6) is -2.22. The lowest BCUT2D eigenvalue weighted by Crippen LogP contribution is -2.47. The van der Waals surface area contributed by atoms with Crippen LogP contribution in [-0.2, 0) is 38.1 Å². The van der Waals surface area contributed by atoms with Gasteiger partial charge in [0, 0.05) is 0 Å². The number of hydrogen-bond donors (Lipinski definition) is 1. The van der Waals surface area contributed by atoms with Crippen molar-refractivity contribution in [2.24, 2.45) is 5.92 Å². The second-order valence-corrected chi connectivity index (χ2v) is 14.7. The number of hydrogen-bond acceptors (Lipinski definition) is 9. The molecule has 1 N–H and O–H groups in total. The van der Waals surface area contributed by atoms with Gasteiger partial charge in [-0.05, 0) is 104 Å². The Balaban J connectivity index is 2.19. The first-order valence-corrected chi connectivity index (χ1v) is 15.4. The molecule has 2 aromatic rings. The van der Waals surface area contributed by atoms with Crippen LogP contribution in [0.25, 0.3) is 10.8 Å². The highest BCUT2D eigenvalue weighted by molar-refractivity contribution is 7.86. The summed E-state index contributed by atoms with van der Waals surface area (Å²) in [4.78, 5) is 38.8. The molecule has 0 aliphatic rings. The minimum absolute atomic E-state index is 0.0245. The number of fused-ring (bicyclic) bond motifs is 1. The first-order chi connectivity index (χ1) is 19.2. The van der Waals surface area contributed by atoms with Crippen molar-refractivity contribution in [3.05, 3.63) is 42.5 Å². The number of esters is 2. The van der Waals surface area contributed by atoms with Gasteiger partial charge in [0.05, 0.1) is 17.4 Å². The van der Waals surface area contributed by atoms with Crippen LogP contribution >= 0.6 is 0 Å². The van der Waals surface area contributed by atoms with Crippen molar-refractivity contribution in [1.29, 1.82) is 0 Å². The molecule has 0 aromatic heterocycles. The van der Waals surface area contributed by atoms with Crippen LogP contribution in [0.3, 0.4) is 0 Å². The molecule has 0 bridgehead atoms. The van der Waals surface area contributed by atoms with E-state index in [9.17, 15) is 22.8 Å². The lowest BCUT2D eigenvalue weighted by molar-refractivity contribution is -0.163. The molecule has 2 aromatic carbocycles. The SMILES string of the molecule is CC(C)(C)OC(=O)N[C@@H](C[C@H](CCCOS(=O)(=O)c1ccc2ccccc2c1)C(=O)OC(C)(C)C)C(=O)OC(C)(C)C. The Hall–Kier alpha value is -3.18. The highest BCUT2D eigenvalue weighted by atomic mass is 32.2. The number of alkyl carbamates (subject to hydrolysis) is 1. The third-order valence-corrected chi connectivity index (χ3v) is 6.90. The van der Waals surface area contributed by atoms with Crippen LogP contribution in [-0.4, -0.2) is 55.9 Å². The highest BCUT2D eigenvalue weighted by Crippen LogP contribution is 2.24. The summed E-state index contributed by atoms with van der Waals surface area (Å²) in [5, 5.41) is 4.19. The Bertz CT molecular complexity index is 1350. The minimum atomic E-state index is -4.05. The number of amides is 1. The van der Waals surface area contributed by atoms with Crippen LogP contribution in [0.1, 0.15) is 81.6 Å². The van der Waals surface area contributed by atoms with Gasteiger partial charge in [-0.2, -0.15) is 8.42 Å². The monoisotopic (exact) mass is 607 g/mol. The topological polar surface area (TPSA) is 134 Å². The van der Waals surface area contributed by atoms with Crippen LogP contribution < -0.4 is 5.32 Å². The van der Waals surface area contributed by atoms with E-state index < -0.39 is 56.9 Å². The van der Waals surface area contributed by atoms with E-state index in [1.807, 2.05) is 24.3 Å². The number of ether oxygens (including phenoxy) is 3. The van der Waals surface area contributed by atoms with E-state index in [0.29, 0.717) is 0 Å². The molecule has 0 fully saturated rings. The maximum absolute atomic E-state index is 13.2. The molecule has 234 valence electrons. The summed E-state index contributed by atoms with van der Waals surface area (Å²) in [6.45, 7) is 15.1. The van der Waals surface area contributed by atoms with E-state index >= 15 is 0 Å². The van der Waals surface area contributed by atoms with E-state index in [0.717, 1.165) is 10.8 Å². The molecule has 2 atom stereocenters. The summed E-state index contributed by atoms with van der Waals surface area (Å²) >= 11 is 0. The summed E-state index contributed by atoms with van der Waals surface area (Å²) in [6.07, 6.45) is -0.714. The van der Waals surface area contributed by atoms with Gasteiger partial charge in [0.15, 0.2) is 0 Å². The molecule has 0 saturated heterocycles. The molecule has 0 heterocycles. The molecular formula is C31H45NO9S. The predicted molar refractivity (Wildman–Crippen MR) is 159 cm³/mol. The number of benzene rings is 2. The van der Waals surface area contributed by atoms with Gasteiger partial charge in [-0.3, -0.25) is 8.98 Å². The fourth-order valence-electron chi connectivity index (χ4n) is 3.93. The highest BCUT2D eigenvalue weighted by Gasteiger charge is 2.35. The zero-order valence-electron chi connectivity index (χ0n) is 26.1. The first kappa shape index (κ1) is 35.0. The maximum atomic E-state index is 13.2. The standard InChI is InChI=1S/C31H45NO9S/c1-29(2,3)39-26(33)23(20-25(27(34)40-30(4,5)6)32-28(35)41-31(7,8)9)15-12-18-38-42(36,37)24-17-16-21-13-10-11-14-22(21)19-24/h10-11,13-14,16-17,19,23,25H,12,15,18,20H2,1-9H3,(H,32,35)/t23-,25-/m0/s1. The summed E-state index contributed by atoms with van der Waals surface area (Å²) in [5.41, 5.74) is -2.48. The molecule has 2 rings (SSSR count). The average Bonchev–Trinajstić information content (AvgIpc) is 2.81. The van der Waals surface area contributed by atoms with Crippen molar-refractivity contribution in [2.45, 2.75) is 109 Å². The molecule has 0 aliphatic carbocycles.